The average molecular weight is 363 g/mol. The molecule has 1 aliphatic heterocycles. The predicted octanol–water partition coefficient (Wildman–Crippen LogP) is 3.69. The van der Waals surface area contributed by atoms with E-state index in [0.717, 1.165) is 18.2 Å². The van der Waals surface area contributed by atoms with Gasteiger partial charge in [-0.3, -0.25) is 4.79 Å². The summed E-state index contributed by atoms with van der Waals surface area (Å²) in [7, 11) is 0. The maximum atomic E-state index is 13.7. The second-order valence-corrected chi connectivity index (χ2v) is 7.86. The Kier molecular flexibility index (Phi) is 5.78. The van der Waals surface area contributed by atoms with Crippen LogP contribution in [0, 0.1) is 17.3 Å². The van der Waals surface area contributed by atoms with Crippen molar-refractivity contribution >= 4 is 5.78 Å². The Bertz CT molecular complexity index is 562. The van der Waals surface area contributed by atoms with E-state index in [0.29, 0.717) is 25.9 Å². The predicted molar refractivity (Wildman–Crippen MR) is 86.4 cm³/mol. The fourth-order valence-corrected chi connectivity index (χ4v) is 3.89. The number of carbonyl (C=O) groups excluding carboxylic acids is 1. The molecule has 0 spiro atoms. The van der Waals surface area contributed by atoms with Crippen molar-refractivity contribution in [3.8, 4) is 0 Å². The number of alkyl halides is 3. The molecule has 2 atom stereocenters. The molecule has 7 heteroatoms. The largest absolute Gasteiger partial charge is 0.417 e. The molecule has 25 heavy (non-hydrogen) atoms. The van der Waals surface area contributed by atoms with Crippen LogP contribution in [-0.4, -0.2) is 35.8 Å². The fourth-order valence-electron chi connectivity index (χ4n) is 3.89. The first kappa shape index (κ1) is 20.1. The van der Waals surface area contributed by atoms with Gasteiger partial charge in [0.2, 0.25) is 0 Å². The Balaban J connectivity index is 2.23. The van der Waals surface area contributed by atoms with Crippen LogP contribution in [0.25, 0.3) is 0 Å². The lowest BCUT2D eigenvalue weighted by Crippen LogP contribution is -2.51. The van der Waals surface area contributed by atoms with Gasteiger partial charge in [0.1, 0.15) is 5.83 Å². The zero-order valence-corrected chi connectivity index (χ0v) is 14.5. The van der Waals surface area contributed by atoms with E-state index in [4.69, 9.17) is 0 Å². The Morgan fingerprint density at radius 3 is 2.36 bits per heavy atom. The molecule has 0 amide bonds. The lowest BCUT2D eigenvalue weighted by atomic mass is 9.66. The summed E-state index contributed by atoms with van der Waals surface area (Å²) in [6, 6.07) is 0. The van der Waals surface area contributed by atoms with Gasteiger partial charge in [-0.1, -0.05) is 13.8 Å². The number of hydrogen-bond acceptors (Lipinski definition) is 3. The van der Waals surface area contributed by atoms with Crippen molar-refractivity contribution in [2.75, 3.05) is 13.1 Å². The summed E-state index contributed by atoms with van der Waals surface area (Å²) >= 11 is 0. The normalized spacial score (nSPS) is 25.6. The van der Waals surface area contributed by atoms with Crippen LogP contribution in [0.5, 0.6) is 0 Å². The molecule has 3 nitrogen and oxygen atoms in total. The smallest absolute Gasteiger partial charge is 0.380 e. The SMILES string of the molecule is CC(C)(CC(O)(CC1CCNCC1)C(F)(F)F)C1C=C(F)C=CC1=O. The Morgan fingerprint density at radius 1 is 1.20 bits per heavy atom. The highest BCUT2D eigenvalue weighted by atomic mass is 19.4. The van der Waals surface area contributed by atoms with Crippen molar-refractivity contribution < 1.29 is 27.5 Å². The van der Waals surface area contributed by atoms with Gasteiger partial charge in [0, 0.05) is 5.92 Å². The average Bonchev–Trinajstić information content (AvgIpc) is 2.49. The molecule has 0 radical (unpaired) electrons. The second kappa shape index (κ2) is 7.19. The van der Waals surface area contributed by atoms with E-state index in [9.17, 15) is 27.5 Å². The highest BCUT2D eigenvalue weighted by Crippen LogP contribution is 2.48. The molecule has 2 rings (SSSR count). The molecular weight excluding hydrogens is 338 g/mol. The summed E-state index contributed by atoms with van der Waals surface area (Å²) in [5, 5.41) is 13.6. The van der Waals surface area contributed by atoms with Gasteiger partial charge in [-0.15, -0.1) is 0 Å². The molecule has 0 aromatic rings. The van der Waals surface area contributed by atoms with Crippen LogP contribution >= 0.6 is 0 Å². The van der Waals surface area contributed by atoms with Gasteiger partial charge in [-0.05, 0) is 68.3 Å². The Labute approximate surface area is 145 Å². The van der Waals surface area contributed by atoms with E-state index < -0.39 is 47.6 Å². The summed E-state index contributed by atoms with van der Waals surface area (Å²) in [6.07, 6.45) is -1.64. The first-order valence-corrected chi connectivity index (χ1v) is 8.54. The van der Waals surface area contributed by atoms with Crippen molar-refractivity contribution in [3.05, 3.63) is 24.1 Å². The third-order valence-electron chi connectivity index (χ3n) is 5.24. The quantitative estimate of drug-likeness (QED) is 0.733. The molecule has 0 saturated carbocycles. The molecular formula is C18H25F4NO2. The van der Waals surface area contributed by atoms with Crippen molar-refractivity contribution in [2.24, 2.45) is 17.3 Å². The molecule has 0 bridgehead atoms. The summed E-state index contributed by atoms with van der Waals surface area (Å²) in [5.41, 5.74) is -4.14. The second-order valence-electron chi connectivity index (χ2n) is 7.86. The molecule has 0 aromatic carbocycles. The van der Waals surface area contributed by atoms with E-state index >= 15 is 0 Å². The van der Waals surface area contributed by atoms with Crippen LogP contribution in [0.4, 0.5) is 17.6 Å². The number of aliphatic hydroxyl groups is 1. The summed E-state index contributed by atoms with van der Waals surface area (Å²) in [6.45, 7) is 4.19. The molecule has 1 saturated heterocycles. The van der Waals surface area contributed by atoms with Gasteiger partial charge < -0.3 is 10.4 Å². The van der Waals surface area contributed by atoms with Crippen molar-refractivity contribution in [1.82, 2.24) is 5.32 Å². The number of ketones is 1. The number of allylic oxidation sites excluding steroid dienone is 4. The molecule has 1 fully saturated rings. The van der Waals surface area contributed by atoms with E-state index in [-0.39, 0.29) is 5.92 Å². The minimum Gasteiger partial charge on any atom is -0.380 e. The first-order chi connectivity index (χ1) is 11.4. The van der Waals surface area contributed by atoms with Gasteiger partial charge >= 0.3 is 6.18 Å². The number of piperidine rings is 1. The molecule has 2 aliphatic rings. The molecule has 2 unspecified atom stereocenters. The molecule has 0 aromatic heterocycles. The van der Waals surface area contributed by atoms with Crippen LogP contribution in [0.15, 0.2) is 24.1 Å². The zero-order valence-electron chi connectivity index (χ0n) is 14.5. The Hall–Kier alpha value is -1.21. The highest BCUT2D eigenvalue weighted by molar-refractivity contribution is 5.95. The fraction of sp³-hybridized carbons (Fsp3) is 0.722. The number of nitrogens with one attached hydrogen (secondary N) is 1. The maximum absolute atomic E-state index is 13.7. The molecule has 142 valence electrons. The third-order valence-corrected chi connectivity index (χ3v) is 5.24. The van der Waals surface area contributed by atoms with E-state index in [1.807, 2.05) is 0 Å². The van der Waals surface area contributed by atoms with Gasteiger partial charge in [0.15, 0.2) is 11.4 Å². The Morgan fingerprint density at radius 2 is 1.80 bits per heavy atom. The molecule has 2 N–H and O–H groups in total. The summed E-state index contributed by atoms with van der Waals surface area (Å²) < 4.78 is 54.5. The lowest BCUT2D eigenvalue weighted by Gasteiger charge is -2.42. The van der Waals surface area contributed by atoms with Gasteiger partial charge in [0.05, 0.1) is 0 Å². The zero-order chi connectivity index (χ0) is 18.9. The number of halogens is 4. The summed E-state index contributed by atoms with van der Waals surface area (Å²) in [5.74, 6) is -2.36. The van der Waals surface area contributed by atoms with Gasteiger partial charge in [-0.2, -0.15) is 13.2 Å². The van der Waals surface area contributed by atoms with Crippen LogP contribution in [0.2, 0.25) is 0 Å². The maximum Gasteiger partial charge on any atom is 0.417 e. The standard InChI is InChI=1S/C18H25F4NO2/c1-16(2,14-9-13(19)3-4-15(14)24)11-17(25,18(20,21)22)10-12-5-7-23-8-6-12/h3-4,9,12,14,23,25H,5-8,10-11H2,1-2H3. The lowest BCUT2D eigenvalue weighted by molar-refractivity contribution is -0.277. The molecule has 1 heterocycles. The minimum absolute atomic E-state index is 0.238. The van der Waals surface area contributed by atoms with Crippen LogP contribution < -0.4 is 5.32 Å². The van der Waals surface area contributed by atoms with Crippen LogP contribution in [0.1, 0.15) is 39.5 Å². The first-order valence-electron chi connectivity index (χ1n) is 8.54. The van der Waals surface area contributed by atoms with Gasteiger partial charge in [-0.25, -0.2) is 4.39 Å². The van der Waals surface area contributed by atoms with Crippen LogP contribution in [-0.2, 0) is 4.79 Å². The van der Waals surface area contributed by atoms with Gasteiger partial charge in [0.25, 0.3) is 0 Å². The van der Waals surface area contributed by atoms with Crippen LogP contribution in [0.3, 0.4) is 0 Å². The van der Waals surface area contributed by atoms with E-state index in [1.165, 1.54) is 13.8 Å². The highest BCUT2D eigenvalue weighted by Gasteiger charge is 2.57. The number of carbonyl (C=O) groups is 1. The van der Waals surface area contributed by atoms with Crippen molar-refractivity contribution in [3.63, 3.8) is 0 Å². The number of hydrogen-bond donors (Lipinski definition) is 2. The molecule has 1 aliphatic carbocycles. The topological polar surface area (TPSA) is 49.3 Å². The van der Waals surface area contributed by atoms with E-state index in [2.05, 4.69) is 5.32 Å². The third kappa shape index (κ3) is 4.70. The van der Waals surface area contributed by atoms with E-state index in [1.54, 1.807) is 0 Å². The monoisotopic (exact) mass is 363 g/mol. The summed E-state index contributed by atoms with van der Waals surface area (Å²) in [4.78, 5) is 12.0. The van der Waals surface area contributed by atoms with Crippen molar-refractivity contribution in [2.45, 2.75) is 51.3 Å². The number of rotatable bonds is 5. The minimum atomic E-state index is -4.81. The van der Waals surface area contributed by atoms with Crippen molar-refractivity contribution in [1.29, 1.82) is 0 Å².